The van der Waals surface area contributed by atoms with Gasteiger partial charge in [-0.3, -0.25) is 9.59 Å². The van der Waals surface area contributed by atoms with E-state index in [1.54, 1.807) is 0 Å². The summed E-state index contributed by atoms with van der Waals surface area (Å²) in [6.07, 6.45) is 2.90. The summed E-state index contributed by atoms with van der Waals surface area (Å²) in [7, 11) is 1.95. The fraction of sp³-hybridized carbons (Fsp3) is 0.905. The van der Waals surface area contributed by atoms with E-state index in [0.29, 0.717) is 11.8 Å². The second-order valence-corrected chi connectivity index (χ2v) is 10.4. The predicted molar refractivity (Wildman–Crippen MR) is 104 cm³/mol. The highest BCUT2D eigenvalue weighted by Crippen LogP contribution is 2.57. The van der Waals surface area contributed by atoms with Crippen LogP contribution in [0.3, 0.4) is 0 Å². The van der Waals surface area contributed by atoms with E-state index in [0.717, 1.165) is 58.5 Å². The van der Waals surface area contributed by atoms with Gasteiger partial charge in [-0.15, -0.1) is 0 Å². The molecule has 1 unspecified atom stereocenters. The van der Waals surface area contributed by atoms with Gasteiger partial charge in [0.1, 0.15) is 0 Å². The first-order valence-electron chi connectivity index (χ1n) is 10.3. The molecule has 148 valence electrons. The van der Waals surface area contributed by atoms with E-state index in [1.165, 1.54) is 0 Å². The Morgan fingerprint density at radius 3 is 2.15 bits per heavy atom. The molecular formula is C21H37N3O2. The van der Waals surface area contributed by atoms with E-state index < -0.39 is 0 Å². The van der Waals surface area contributed by atoms with Crippen molar-refractivity contribution in [1.29, 1.82) is 0 Å². The van der Waals surface area contributed by atoms with E-state index in [9.17, 15) is 9.59 Å². The summed E-state index contributed by atoms with van der Waals surface area (Å²) in [5.41, 5.74) is -0.517. The van der Waals surface area contributed by atoms with Crippen LogP contribution in [-0.4, -0.2) is 72.8 Å². The maximum absolute atomic E-state index is 13.2. The van der Waals surface area contributed by atoms with Gasteiger partial charge in [-0.1, -0.05) is 34.6 Å². The molecule has 0 saturated carbocycles. The van der Waals surface area contributed by atoms with Gasteiger partial charge in [0, 0.05) is 57.1 Å². The molecule has 0 radical (unpaired) electrons. The fourth-order valence-corrected chi connectivity index (χ4v) is 5.65. The minimum atomic E-state index is -0.328. The van der Waals surface area contributed by atoms with Gasteiger partial charge in [-0.25, -0.2) is 0 Å². The number of likely N-dealkylation sites (tertiary alicyclic amines) is 3. The molecule has 2 amide bonds. The van der Waals surface area contributed by atoms with Crippen LogP contribution in [0.4, 0.5) is 0 Å². The Hall–Kier alpha value is -1.10. The zero-order chi connectivity index (χ0) is 19.3. The molecule has 1 atom stereocenters. The number of hydrogen-bond acceptors (Lipinski definition) is 3. The molecule has 0 N–H and O–H groups in total. The van der Waals surface area contributed by atoms with Gasteiger partial charge >= 0.3 is 0 Å². The van der Waals surface area contributed by atoms with Crippen molar-refractivity contribution >= 4 is 11.8 Å². The number of nitrogens with zero attached hydrogens (tertiary/aromatic N) is 3. The molecule has 3 rings (SSSR count). The molecule has 0 bridgehead atoms. The van der Waals surface area contributed by atoms with Crippen LogP contribution >= 0.6 is 0 Å². The number of carbonyl (C=O) groups excluding carboxylic acids is 2. The van der Waals surface area contributed by atoms with Crippen molar-refractivity contribution < 1.29 is 9.59 Å². The molecule has 0 aromatic carbocycles. The normalized spacial score (nSPS) is 29.6. The second-order valence-electron chi connectivity index (χ2n) is 10.4. The molecule has 3 heterocycles. The van der Waals surface area contributed by atoms with Crippen LogP contribution in [0.25, 0.3) is 0 Å². The number of fused-ring (bicyclic) bond motifs is 1. The average Bonchev–Trinajstić information content (AvgIpc) is 2.99. The minimum absolute atomic E-state index is 0.0401. The van der Waals surface area contributed by atoms with E-state index in [1.807, 2.05) is 37.6 Å². The van der Waals surface area contributed by atoms with Gasteiger partial charge in [0.15, 0.2) is 0 Å². The molecule has 5 heteroatoms. The van der Waals surface area contributed by atoms with Crippen molar-refractivity contribution in [2.75, 3.05) is 46.3 Å². The maximum atomic E-state index is 13.2. The number of rotatable bonds is 2. The van der Waals surface area contributed by atoms with Crippen LogP contribution in [-0.2, 0) is 9.59 Å². The Morgan fingerprint density at radius 2 is 1.69 bits per heavy atom. The average molecular weight is 364 g/mol. The van der Waals surface area contributed by atoms with Gasteiger partial charge in [0.25, 0.3) is 0 Å². The number of piperidine rings is 1. The quantitative estimate of drug-likeness (QED) is 0.757. The molecule has 3 saturated heterocycles. The lowest BCUT2D eigenvalue weighted by Crippen LogP contribution is -2.54. The molecule has 5 nitrogen and oxygen atoms in total. The van der Waals surface area contributed by atoms with Gasteiger partial charge in [0.2, 0.25) is 11.8 Å². The van der Waals surface area contributed by atoms with Crippen molar-refractivity contribution in [2.24, 2.45) is 22.2 Å². The molecule has 2 spiro atoms. The zero-order valence-electron chi connectivity index (χ0n) is 17.6. The summed E-state index contributed by atoms with van der Waals surface area (Å²) < 4.78 is 0. The zero-order valence-corrected chi connectivity index (χ0v) is 17.6. The van der Waals surface area contributed by atoms with Crippen LogP contribution < -0.4 is 0 Å². The molecular weight excluding hydrogens is 326 g/mol. The smallest absolute Gasteiger partial charge is 0.230 e. The van der Waals surface area contributed by atoms with Crippen molar-refractivity contribution in [3.05, 3.63) is 0 Å². The Bertz CT molecular complexity index is 572. The van der Waals surface area contributed by atoms with Crippen molar-refractivity contribution in [3.8, 4) is 0 Å². The summed E-state index contributed by atoms with van der Waals surface area (Å²) in [6.45, 7) is 15.9. The molecule has 0 aromatic heterocycles. The second kappa shape index (κ2) is 6.50. The van der Waals surface area contributed by atoms with Crippen LogP contribution in [0.2, 0.25) is 0 Å². The van der Waals surface area contributed by atoms with Crippen LogP contribution in [0.5, 0.6) is 0 Å². The van der Waals surface area contributed by atoms with Gasteiger partial charge in [0.05, 0.1) is 5.41 Å². The third kappa shape index (κ3) is 3.06. The monoisotopic (exact) mass is 363 g/mol. The standard InChI is InChI=1S/C21H37N3O2/c1-16(2)13-23-14-20(21(15-23)9-10-22(6)18(21)26)7-11-24(12-8-20)17(25)19(3,4)5/h16H,7-15H2,1-6H3. The fourth-order valence-electron chi connectivity index (χ4n) is 5.65. The van der Waals surface area contributed by atoms with Gasteiger partial charge in [-0.2, -0.15) is 0 Å². The van der Waals surface area contributed by atoms with Gasteiger partial charge in [-0.05, 0) is 25.2 Å². The van der Waals surface area contributed by atoms with Crippen LogP contribution in [0, 0.1) is 22.2 Å². The van der Waals surface area contributed by atoms with E-state index in [2.05, 4.69) is 18.7 Å². The van der Waals surface area contributed by atoms with E-state index in [4.69, 9.17) is 0 Å². The summed E-state index contributed by atoms with van der Waals surface area (Å²) in [6, 6.07) is 0. The lowest BCUT2D eigenvalue weighted by Gasteiger charge is -2.47. The minimum Gasteiger partial charge on any atom is -0.345 e. The van der Waals surface area contributed by atoms with Crippen molar-refractivity contribution in [1.82, 2.24) is 14.7 Å². The number of amides is 2. The molecule has 3 fully saturated rings. The first-order chi connectivity index (χ1) is 12.0. The lowest BCUT2D eigenvalue weighted by molar-refractivity contribution is -0.146. The number of hydrogen-bond donors (Lipinski definition) is 0. The molecule has 26 heavy (non-hydrogen) atoms. The first-order valence-corrected chi connectivity index (χ1v) is 10.3. The number of carbonyl (C=O) groups is 2. The highest BCUT2D eigenvalue weighted by Gasteiger charge is 2.64. The Labute approximate surface area is 159 Å². The van der Waals surface area contributed by atoms with Gasteiger partial charge < -0.3 is 14.7 Å². The first kappa shape index (κ1) is 19.7. The topological polar surface area (TPSA) is 43.9 Å². The molecule has 0 aliphatic carbocycles. The largest absolute Gasteiger partial charge is 0.345 e. The third-order valence-electron chi connectivity index (χ3n) is 6.94. The summed E-state index contributed by atoms with van der Waals surface area (Å²) in [5, 5.41) is 0. The van der Waals surface area contributed by atoms with Crippen molar-refractivity contribution in [3.63, 3.8) is 0 Å². The van der Waals surface area contributed by atoms with E-state index >= 15 is 0 Å². The predicted octanol–water partition coefficient (Wildman–Crippen LogP) is 2.46. The Morgan fingerprint density at radius 1 is 1.08 bits per heavy atom. The highest BCUT2D eigenvalue weighted by molar-refractivity contribution is 5.86. The third-order valence-corrected chi connectivity index (χ3v) is 6.94. The van der Waals surface area contributed by atoms with Crippen molar-refractivity contribution in [2.45, 2.75) is 53.9 Å². The molecule has 0 aromatic rings. The summed E-state index contributed by atoms with van der Waals surface area (Å²) in [4.78, 5) is 32.4. The summed E-state index contributed by atoms with van der Waals surface area (Å²) in [5.74, 6) is 1.20. The van der Waals surface area contributed by atoms with Crippen LogP contribution in [0.15, 0.2) is 0 Å². The Kier molecular flexibility index (Phi) is 4.92. The summed E-state index contributed by atoms with van der Waals surface area (Å²) >= 11 is 0. The van der Waals surface area contributed by atoms with E-state index in [-0.39, 0.29) is 22.2 Å². The molecule has 3 aliphatic heterocycles. The highest BCUT2D eigenvalue weighted by atomic mass is 16.2. The van der Waals surface area contributed by atoms with Crippen LogP contribution in [0.1, 0.15) is 53.9 Å². The lowest BCUT2D eigenvalue weighted by atomic mass is 9.60. The Balaban J connectivity index is 1.82. The maximum Gasteiger partial charge on any atom is 0.230 e. The molecule has 3 aliphatic rings. The SMILES string of the molecule is CC(C)CN1CC2(CCN(C(=O)C(C)(C)C)CC2)C2(CCN(C)C2=O)C1.